The second-order valence-corrected chi connectivity index (χ2v) is 9.00. The first kappa shape index (κ1) is 18.3. The standard InChI is InChI=1S/C19H18O3S3/c1-2-21-18(20)17(19-24-12-23-13-25-19)14-8-10-16(11-9-14)22-15-6-4-3-5-7-15/h3-11H,2,12-13H2,1H3. The number of benzene rings is 2. The summed E-state index contributed by atoms with van der Waals surface area (Å²) in [5.41, 5.74) is 1.52. The molecule has 3 nitrogen and oxygen atoms in total. The van der Waals surface area contributed by atoms with E-state index in [1.165, 1.54) is 0 Å². The third-order valence-corrected chi connectivity index (χ3v) is 7.27. The highest BCUT2D eigenvalue weighted by Crippen LogP contribution is 2.44. The van der Waals surface area contributed by atoms with Crippen molar-refractivity contribution in [2.24, 2.45) is 0 Å². The molecule has 0 aromatic heterocycles. The Labute approximate surface area is 160 Å². The topological polar surface area (TPSA) is 35.5 Å². The fraction of sp³-hybridized carbons (Fsp3) is 0.211. The van der Waals surface area contributed by atoms with Crippen LogP contribution in [0.3, 0.4) is 0 Å². The molecule has 0 amide bonds. The number of hydrogen-bond donors (Lipinski definition) is 0. The van der Waals surface area contributed by atoms with Gasteiger partial charge in [0, 0.05) is 10.2 Å². The van der Waals surface area contributed by atoms with Gasteiger partial charge in [0.2, 0.25) is 0 Å². The van der Waals surface area contributed by atoms with E-state index in [1.54, 1.807) is 23.5 Å². The van der Waals surface area contributed by atoms with Gasteiger partial charge in [0.1, 0.15) is 11.5 Å². The maximum Gasteiger partial charge on any atom is 0.340 e. The van der Waals surface area contributed by atoms with Crippen molar-refractivity contribution in [3.63, 3.8) is 0 Å². The molecule has 1 heterocycles. The van der Waals surface area contributed by atoms with Crippen molar-refractivity contribution in [1.82, 2.24) is 0 Å². The predicted molar refractivity (Wildman–Crippen MR) is 109 cm³/mol. The van der Waals surface area contributed by atoms with Gasteiger partial charge >= 0.3 is 5.97 Å². The van der Waals surface area contributed by atoms with Gasteiger partial charge < -0.3 is 9.47 Å². The molecule has 0 aliphatic carbocycles. The van der Waals surface area contributed by atoms with Crippen LogP contribution in [0, 0.1) is 0 Å². The molecule has 2 aromatic carbocycles. The molecule has 0 bridgehead atoms. The van der Waals surface area contributed by atoms with Crippen molar-refractivity contribution in [3.8, 4) is 11.5 Å². The van der Waals surface area contributed by atoms with Gasteiger partial charge in [-0.25, -0.2) is 4.79 Å². The van der Waals surface area contributed by atoms with Gasteiger partial charge in [-0.15, -0.1) is 35.3 Å². The molecule has 25 heavy (non-hydrogen) atoms. The fourth-order valence-electron chi connectivity index (χ4n) is 2.25. The Kier molecular flexibility index (Phi) is 6.78. The summed E-state index contributed by atoms with van der Waals surface area (Å²) in [5.74, 6) is 1.26. The summed E-state index contributed by atoms with van der Waals surface area (Å²) >= 11 is 5.26. The highest BCUT2D eigenvalue weighted by molar-refractivity contribution is 8.36. The molecule has 0 radical (unpaired) electrons. The van der Waals surface area contributed by atoms with E-state index in [2.05, 4.69) is 0 Å². The van der Waals surface area contributed by atoms with Crippen LogP contribution in [0.1, 0.15) is 12.5 Å². The zero-order valence-corrected chi connectivity index (χ0v) is 16.2. The first-order chi connectivity index (χ1) is 12.3. The summed E-state index contributed by atoms with van der Waals surface area (Å²) < 4.78 is 12.1. The number of carbonyl (C=O) groups excluding carboxylic acids is 1. The molecule has 0 N–H and O–H groups in total. The number of hydrogen-bond acceptors (Lipinski definition) is 6. The Hall–Kier alpha value is -1.50. The Morgan fingerprint density at radius 2 is 1.60 bits per heavy atom. The molecule has 130 valence electrons. The van der Waals surface area contributed by atoms with E-state index in [-0.39, 0.29) is 5.97 Å². The number of ether oxygens (including phenoxy) is 2. The van der Waals surface area contributed by atoms with Crippen molar-refractivity contribution < 1.29 is 14.3 Å². The van der Waals surface area contributed by atoms with Crippen molar-refractivity contribution in [3.05, 3.63) is 64.4 Å². The first-order valence-corrected chi connectivity index (χ1v) is 11.0. The zero-order valence-electron chi connectivity index (χ0n) is 13.8. The van der Waals surface area contributed by atoms with Crippen LogP contribution in [0.15, 0.2) is 58.8 Å². The Morgan fingerprint density at radius 1 is 0.960 bits per heavy atom. The van der Waals surface area contributed by atoms with Crippen LogP contribution in [0.4, 0.5) is 0 Å². The highest BCUT2D eigenvalue weighted by Gasteiger charge is 2.22. The highest BCUT2D eigenvalue weighted by atomic mass is 32.3. The van der Waals surface area contributed by atoms with E-state index in [0.29, 0.717) is 12.2 Å². The van der Waals surface area contributed by atoms with Crippen molar-refractivity contribution >= 4 is 46.8 Å². The molecule has 0 unspecified atom stereocenters. The summed E-state index contributed by atoms with van der Waals surface area (Å²) in [6.45, 7) is 2.20. The molecule has 1 saturated heterocycles. The molecule has 0 saturated carbocycles. The van der Waals surface area contributed by atoms with E-state index in [1.807, 2.05) is 73.3 Å². The van der Waals surface area contributed by atoms with E-state index < -0.39 is 0 Å². The summed E-state index contributed by atoms with van der Waals surface area (Å²) in [6, 6.07) is 17.2. The number of rotatable bonds is 5. The normalized spacial score (nSPS) is 14.0. The number of para-hydroxylation sites is 1. The van der Waals surface area contributed by atoms with E-state index in [4.69, 9.17) is 9.47 Å². The smallest absolute Gasteiger partial charge is 0.340 e. The lowest BCUT2D eigenvalue weighted by Gasteiger charge is -2.17. The SMILES string of the molecule is CCOC(=O)C(=C1SCSCS1)c1ccc(Oc2ccccc2)cc1. The molecule has 1 aliphatic heterocycles. The lowest BCUT2D eigenvalue weighted by molar-refractivity contribution is -0.136. The molecule has 0 atom stereocenters. The van der Waals surface area contributed by atoms with Gasteiger partial charge in [0.25, 0.3) is 0 Å². The molecule has 1 aliphatic rings. The third kappa shape index (κ3) is 5.00. The minimum absolute atomic E-state index is 0.263. The number of esters is 1. The average Bonchev–Trinajstić information content (AvgIpc) is 2.65. The van der Waals surface area contributed by atoms with Gasteiger partial charge in [0.15, 0.2) is 0 Å². The zero-order chi connectivity index (χ0) is 17.5. The summed E-state index contributed by atoms with van der Waals surface area (Å²) in [5, 5.41) is 1.92. The summed E-state index contributed by atoms with van der Waals surface area (Å²) in [4.78, 5) is 12.5. The van der Waals surface area contributed by atoms with Crippen LogP contribution in [-0.2, 0) is 9.53 Å². The molecule has 6 heteroatoms. The third-order valence-electron chi connectivity index (χ3n) is 3.35. The van der Waals surface area contributed by atoms with Crippen molar-refractivity contribution in [2.75, 3.05) is 16.8 Å². The largest absolute Gasteiger partial charge is 0.462 e. The molecule has 1 fully saturated rings. The molecule has 3 rings (SSSR count). The van der Waals surface area contributed by atoms with Gasteiger partial charge in [0.05, 0.1) is 16.4 Å². The van der Waals surface area contributed by atoms with E-state index in [9.17, 15) is 4.79 Å². The number of carbonyl (C=O) groups is 1. The monoisotopic (exact) mass is 390 g/mol. The van der Waals surface area contributed by atoms with Crippen molar-refractivity contribution in [1.29, 1.82) is 0 Å². The lowest BCUT2D eigenvalue weighted by Crippen LogP contribution is -2.09. The maximum absolute atomic E-state index is 12.5. The Balaban J connectivity index is 1.85. The van der Waals surface area contributed by atoms with Crippen molar-refractivity contribution in [2.45, 2.75) is 6.92 Å². The number of thioether (sulfide) groups is 3. The van der Waals surface area contributed by atoms with Crippen LogP contribution in [0.5, 0.6) is 11.5 Å². The quantitative estimate of drug-likeness (QED) is 0.471. The minimum atomic E-state index is -0.263. The molecular formula is C19H18O3S3. The van der Waals surface area contributed by atoms with Gasteiger partial charge in [-0.3, -0.25) is 0 Å². The lowest BCUT2D eigenvalue weighted by atomic mass is 10.1. The second-order valence-electron chi connectivity index (χ2n) is 5.05. The predicted octanol–water partition coefficient (Wildman–Crippen LogP) is 5.84. The minimum Gasteiger partial charge on any atom is -0.462 e. The van der Waals surface area contributed by atoms with E-state index >= 15 is 0 Å². The van der Waals surface area contributed by atoms with Gasteiger partial charge in [-0.1, -0.05) is 30.3 Å². The van der Waals surface area contributed by atoms with Crippen LogP contribution in [0.2, 0.25) is 0 Å². The summed E-state index contributed by atoms with van der Waals surface area (Å²) in [7, 11) is 0. The van der Waals surface area contributed by atoms with Crippen LogP contribution >= 0.6 is 35.3 Å². The average molecular weight is 391 g/mol. The second kappa shape index (κ2) is 9.27. The Bertz CT molecular complexity index is 734. The van der Waals surface area contributed by atoms with Gasteiger partial charge in [-0.2, -0.15) is 0 Å². The molecule has 0 spiro atoms. The summed E-state index contributed by atoms with van der Waals surface area (Å²) in [6.07, 6.45) is 0. The van der Waals surface area contributed by atoms with E-state index in [0.717, 1.165) is 31.5 Å². The van der Waals surface area contributed by atoms with Crippen LogP contribution in [0.25, 0.3) is 5.57 Å². The first-order valence-electron chi connectivity index (χ1n) is 7.86. The maximum atomic E-state index is 12.5. The fourth-order valence-corrected chi connectivity index (χ4v) is 6.54. The molecular weight excluding hydrogens is 372 g/mol. The van der Waals surface area contributed by atoms with Crippen LogP contribution < -0.4 is 4.74 Å². The molecule has 2 aromatic rings. The Morgan fingerprint density at radius 3 is 2.24 bits per heavy atom. The van der Waals surface area contributed by atoms with Crippen LogP contribution in [-0.4, -0.2) is 22.7 Å². The van der Waals surface area contributed by atoms with Gasteiger partial charge in [-0.05, 0) is 36.8 Å².